The van der Waals surface area contributed by atoms with Crippen LogP contribution in [0.3, 0.4) is 0 Å². The van der Waals surface area contributed by atoms with Gasteiger partial charge >= 0.3 is 0 Å². The Morgan fingerprint density at radius 3 is 2.50 bits per heavy atom. The van der Waals surface area contributed by atoms with Crippen LogP contribution < -0.4 is 0 Å². The van der Waals surface area contributed by atoms with Crippen LogP contribution in [0.2, 0.25) is 0 Å². The molecule has 5 rings (SSSR count). The number of aryl methyl sites for hydroxylation is 1. The lowest BCUT2D eigenvalue weighted by molar-refractivity contribution is -0.139. The highest BCUT2D eigenvalue weighted by molar-refractivity contribution is 5.80. The predicted octanol–water partition coefficient (Wildman–Crippen LogP) is 3.30. The van der Waals surface area contributed by atoms with Crippen molar-refractivity contribution in [2.45, 2.75) is 57.4 Å². The van der Waals surface area contributed by atoms with Crippen LogP contribution in [0.1, 0.15) is 50.5 Å². The van der Waals surface area contributed by atoms with Crippen LogP contribution in [-0.4, -0.2) is 82.0 Å². The van der Waals surface area contributed by atoms with Gasteiger partial charge in [-0.05, 0) is 62.9 Å². The molecule has 0 radical (unpaired) electrons. The number of hydrogen-bond acceptors (Lipinski definition) is 4. The fourth-order valence-corrected chi connectivity index (χ4v) is 6.19. The smallest absolute Gasteiger partial charge is 0.225 e. The molecule has 6 nitrogen and oxygen atoms in total. The highest BCUT2D eigenvalue weighted by Crippen LogP contribution is 2.26. The minimum Gasteiger partial charge on any atom is -0.340 e. The predicted molar refractivity (Wildman–Crippen MR) is 129 cm³/mol. The number of piperidine rings is 1. The van der Waals surface area contributed by atoms with E-state index in [-0.39, 0.29) is 5.92 Å². The molecule has 3 fully saturated rings. The summed E-state index contributed by atoms with van der Waals surface area (Å²) in [5.74, 6) is 0.655. The maximum Gasteiger partial charge on any atom is 0.225 e. The second-order valence-corrected chi connectivity index (χ2v) is 10.2. The number of aromatic nitrogens is 2. The van der Waals surface area contributed by atoms with Gasteiger partial charge in [-0.25, -0.2) is 4.98 Å². The van der Waals surface area contributed by atoms with E-state index in [0.717, 1.165) is 76.8 Å². The van der Waals surface area contributed by atoms with E-state index in [1.807, 2.05) is 12.3 Å². The third-order valence-electron chi connectivity index (χ3n) is 8.17. The number of hydrogen-bond donors (Lipinski definition) is 0. The van der Waals surface area contributed by atoms with Crippen LogP contribution in [0, 0.1) is 5.92 Å². The highest BCUT2D eigenvalue weighted by atomic mass is 16.2. The number of likely N-dealkylation sites (tertiary alicyclic amines) is 1. The minimum absolute atomic E-state index is 0.231. The minimum atomic E-state index is 0.231. The van der Waals surface area contributed by atoms with Gasteiger partial charge in [-0.1, -0.05) is 19.3 Å². The first-order chi connectivity index (χ1) is 15.7. The molecule has 2 saturated heterocycles. The third kappa shape index (κ3) is 4.72. The molecule has 2 aromatic rings. The van der Waals surface area contributed by atoms with E-state index in [9.17, 15) is 4.79 Å². The number of carbonyl (C=O) groups is 1. The molecule has 0 unspecified atom stereocenters. The molecule has 1 saturated carbocycles. The fraction of sp³-hybridized carbons (Fsp3) is 0.692. The number of amides is 1. The molecule has 0 N–H and O–H groups in total. The van der Waals surface area contributed by atoms with Crippen LogP contribution in [-0.2, 0) is 18.3 Å². The van der Waals surface area contributed by atoms with Gasteiger partial charge in [0.25, 0.3) is 0 Å². The summed E-state index contributed by atoms with van der Waals surface area (Å²) in [5.41, 5.74) is 2.44. The lowest BCUT2D eigenvalue weighted by atomic mass is 9.93. The molecule has 2 aromatic heterocycles. The number of pyridine rings is 1. The number of nitrogens with zero attached hydrogens (tertiary/aromatic N) is 5. The Hall–Kier alpha value is -1.92. The first kappa shape index (κ1) is 21.9. The van der Waals surface area contributed by atoms with E-state index in [1.165, 1.54) is 43.1 Å². The SMILES string of the molecule is Cn1cc(CCN2CCC(C(=O)N3CCN(C4CCCCC4)CC3)CC2)c2cccnc21. The van der Waals surface area contributed by atoms with E-state index >= 15 is 0 Å². The van der Waals surface area contributed by atoms with Gasteiger partial charge in [0.15, 0.2) is 0 Å². The van der Waals surface area contributed by atoms with Crippen LogP contribution >= 0.6 is 0 Å². The molecule has 3 aliphatic rings. The van der Waals surface area contributed by atoms with Gasteiger partial charge in [0.05, 0.1) is 0 Å². The Morgan fingerprint density at radius 1 is 1.00 bits per heavy atom. The zero-order chi connectivity index (χ0) is 21.9. The summed E-state index contributed by atoms with van der Waals surface area (Å²) in [6.45, 7) is 7.18. The molecule has 0 atom stereocenters. The molecular formula is C26H39N5O. The highest BCUT2D eigenvalue weighted by Gasteiger charge is 2.32. The zero-order valence-electron chi connectivity index (χ0n) is 19.7. The Kier molecular flexibility index (Phi) is 6.79. The summed E-state index contributed by atoms with van der Waals surface area (Å²) in [6.07, 6.45) is 14.1. The average molecular weight is 438 g/mol. The molecule has 0 spiro atoms. The lowest BCUT2D eigenvalue weighted by Gasteiger charge is -2.42. The van der Waals surface area contributed by atoms with E-state index in [0.29, 0.717) is 5.91 Å². The average Bonchev–Trinajstić information content (AvgIpc) is 3.19. The molecule has 1 amide bonds. The van der Waals surface area contributed by atoms with Crippen LogP contribution in [0.15, 0.2) is 24.5 Å². The molecule has 174 valence electrons. The summed E-state index contributed by atoms with van der Waals surface area (Å²) < 4.78 is 2.13. The normalized spacial score (nSPS) is 22.6. The van der Waals surface area contributed by atoms with Crippen LogP contribution in [0.25, 0.3) is 11.0 Å². The Balaban J connectivity index is 1.07. The molecular weight excluding hydrogens is 398 g/mol. The van der Waals surface area contributed by atoms with Crippen molar-refractivity contribution in [2.75, 3.05) is 45.8 Å². The van der Waals surface area contributed by atoms with E-state index in [2.05, 4.69) is 43.6 Å². The maximum absolute atomic E-state index is 13.2. The lowest BCUT2D eigenvalue weighted by Crippen LogP contribution is -2.54. The summed E-state index contributed by atoms with van der Waals surface area (Å²) in [7, 11) is 2.07. The molecule has 2 aliphatic heterocycles. The van der Waals surface area contributed by atoms with Crippen molar-refractivity contribution < 1.29 is 4.79 Å². The van der Waals surface area contributed by atoms with Gasteiger partial charge in [-0.2, -0.15) is 0 Å². The van der Waals surface area contributed by atoms with E-state index < -0.39 is 0 Å². The Morgan fingerprint density at radius 2 is 1.75 bits per heavy atom. The van der Waals surface area contributed by atoms with Crippen LogP contribution in [0.4, 0.5) is 0 Å². The number of carbonyl (C=O) groups excluding carboxylic acids is 1. The first-order valence-electron chi connectivity index (χ1n) is 12.8. The standard InChI is InChI=1S/C26H39N5O/c1-28-20-22(24-8-5-12-27-25(24)28)11-15-29-13-9-21(10-14-29)26(32)31-18-16-30(17-19-31)23-6-3-2-4-7-23/h5,8,12,20-21,23H,2-4,6-7,9-11,13-19H2,1H3. The maximum atomic E-state index is 13.2. The number of rotatable bonds is 5. The second kappa shape index (κ2) is 9.92. The fourth-order valence-electron chi connectivity index (χ4n) is 6.19. The quantitative estimate of drug-likeness (QED) is 0.720. The van der Waals surface area contributed by atoms with Crippen LogP contribution in [0.5, 0.6) is 0 Å². The Bertz CT molecular complexity index is 902. The summed E-state index contributed by atoms with van der Waals surface area (Å²) >= 11 is 0. The topological polar surface area (TPSA) is 44.6 Å². The van der Waals surface area contributed by atoms with Crippen molar-refractivity contribution in [3.63, 3.8) is 0 Å². The van der Waals surface area contributed by atoms with Gasteiger partial charge in [-0.15, -0.1) is 0 Å². The van der Waals surface area contributed by atoms with Gasteiger partial charge in [-0.3, -0.25) is 9.69 Å². The van der Waals surface area contributed by atoms with Gasteiger partial charge < -0.3 is 14.4 Å². The van der Waals surface area contributed by atoms with Crippen molar-refractivity contribution >= 4 is 16.9 Å². The molecule has 4 heterocycles. The largest absolute Gasteiger partial charge is 0.340 e. The van der Waals surface area contributed by atoms with Crippen molar-refractivity contribution in [3.8, 4) is 0 Å². The summed E-state index contributed by atoms with van der Waals surface area (Å²) in [5, 5.41) is 1.27. The first-order valence-corrected chi connectivity index (χ1v) is 12.8. The zero-order valence-corrected chi connectivity index (χ0v) is 19.7. The number of piperazine rings is 1. The number of fused-ring (bicyclic) bond motifs is 1. The van der Waals surface area contributed by atoms with Crippen molar-refractivity contribution in [3.05, 3.63) is 30.1 Å². The molecule has 32 heavy (non-hydrogen) atoms. The molecule has 0 aromatic carbocycles. The Labute approximate surface area is 192 Å². The molecule has 1 aliphatic carbocycles. The van der Waals surface area contributed by atoms with E-state index in [1.54, 1.807) is 0 Å². The monoisotopic (exact) mass is 437 g/mol. The van der Waals surface area contributed by atoms with Gasteiger partial charge in [0.1, 0.15) is 5.65 Å². The third-order valence-corrected chi connectivity index (χ3v) is 8.17. The summed E-state index contributed by atoms with van der Waals surface area (Å²) in [4.78, 5) is 25.0. The van der Waals surface area contributed by atoms with Crippen molar-refractivity contribution in [2.24, 2.45) is 13.0 Å². The summed E-state index contributed by atoms with van der Waals surface area (Å²) in [6, 6.07) is 4.98. The van der Waals surface area contributed by atoms with Crippen molar-refractivity contribution in [1.29, 1.82) is 0 Å². The van der Waals surface area contributed by atoms with Crippen molar-refractivity contribution in [1.82, 2.24) is 24.3 Å². The van der Waals surface area contributed by atoms with Gasteiger partial charge in [0.2, 0.25) is 5.91 Å². The van der Waals surface area contributed by atoms with Gasteiger partial charge in [0, 0.05) is 69.5 Å². The molecule has 6 heteroatoms. The second-order valence-electron chi connectivity index (χ2n) is 10.2. The van der Waals surface area contributed by atoms with E-state index in [4.69, 9.17) is 0 Å². The molecule has 0 bridgehead atoms.